The van der Waals surface area contributed by atoms with Crippen molar-refractivity contribution in [3.05, 3.63) is 54.1 Å². The van der Waals surface area contributed by atoms with E-state index >= 15 is 0 Å². The summed E-state index contributed by atoms with van der Waals surface area (Å²) < 4.78 is 11.1. The van der Waals surface area contributed by atoms with Crippen molar-refractivity contribution >= 4 is 0 Å². The molecule has 20 heavy (non-hydrogen) atoms. The Labute approximate surface area is 118 Å². The van der Waals surface area contributed by atoms with E-state index in [4.69, 9.17) is 15.2 Å². The van der Waals surface area contributed by atoms with E-state index in [2.05, 4.69) is 0 Å². The van der Waals surface area contributed by atoms with Crippen molar-refractivity contribution in [2.45, 2.75) is 5.92 Å². The van der Waals surface area contributed by atoms with Crippen LogP contribution in [0.4, 0.5) is 0 Å². The van der Waals surface area contributed by atoms with Crippen LogP contribution in [-0.4, -0.2) is 25.4 Å². The van der Waals surface area contributed by atoms with Gasteiger partial charge in [-0.05, 0) is 30.3 Å². The molecule has 3 N–H and O–H groups in total. The van der Waals surface area contributed by atoms with Gasteiger partial charge in [-0.3, -0.25) is 0 Å². The lowest BCUT2D eigenvalue weighted by Crippen LogP contribution is -2.20. The van der Waals surface area contributed by atoms with E-state index in [1.807, 2.05) is 24.3 Å². The molecule has 0 radical (unpaired) electrons. The molecule has 0 saturated carbocycles. The highest BCUT2D eigenvalue weighted by Crippen LogP contribution is 2.27. The maximum atomic E-state index is 9.23. The van der Waals surface area contributed by atoms with E-state index in [1.165, 1.54) is 0 Å². The predicted molar refractivity (Wildman–Crippen MR) is 78.4 cm³/mol. The number of nitrogens with two attached hydrogens (primary N) is 1. The monoisotopic (exact) mass is 273 g/mol. The van der Waals surface area contributed by atoms with Crippen molar-refractivity contribution in [1.82, 2.24) is 0 Å². The van der Waals surface area contributed by atoms with E-state index in [1.54, 1.807) is 31.4 Å². The van der Waals surface area contributed by atoms with Crippen LogP contribution in [0.2, 0.25) is 0 Å². The molecule has 0 fully saturated rings. The van der Waals surface area contributed by atoms with Gasteiger partial charge in [-0.1, -0.05) is 18.2 Å². The first-order valence-corrected chi connectivity index (χ1v) is 6.49. The number of hydrogen-bond donors (Lipinski definition) is 2. The van der Waals surface area contributed by atoms with E-state index in [0.717, 1.165) is 11.3 Å². The second-order valence-electron chi connectivity index (χ2n) is 4.48. The van der Waals surface area contributed by atoms with Crippen LogP contribution in [0.1, 0.15) is 11.5 Å². The molecule has 0 aliphatic heterocycles. The van der Waals surface area contributed by atoms with Crippen molar-refractivity contribution in [3.8, 4) is 17.2 Å². The fourth-order valence-electron chi connectivity index (χ4n) is 2.03. The summed E-state index contributed by atoms with van der Waals surface area (Å²) >= 11 is 0. The Kier molecular flexibility index (Phi) is 4.85. The molecule has 0 aliphatic rings. The molecule has 4 heteroatoms. The SMILES string of the molecule is COc1ccccc1C(CN)COc1ccc(O)cc1. The van der Waals surface area contributed by atoms with Gasteiger partial charge in [0, 0.05) is 18.0 Å². The molecule has 0 amide bonds. The van der Waals surface area contributed by atoms with E-state index in [-0.39, 0.29) is 11.7 Å². The van der Waals surface area contributed by atoms with Crippen molar-refractivity contribution in [2.24, 2.45) is 5.73 Å². The van der Waals surface area contributed by atoms with Gasteiger partial charge >= 0.3 is 0 Å². The highest BCUT2D eigenvalue weighted by Gasteiger charge is 2.15. The van der Waals surface area contributed by atoms with Gasteiger partial charge in [-0.15, -0.1) is 0 Å². The Morgan fingerprint density at radius 2 is 1.80 bits per heavy atom. The van der Waals surface area contributed by atoms with Gasteiger partial charge in [0.15, 0.2) is 0 Å². The van der Waals surface area contributed by atoms with Crippen LogP contribution in [0.25, 0.3) is 0 Å². The quantitative estimate of drug-likeness (QED) is 0.849. The molecule has 2 aromatic rings. The van der Waals surface area contributed by atoms with Gasteiger partial charge < -0.3 is 20.3 Å². The number of benzene rings is 2. The smallest absolute Gasteiger partial charge is 0.122 e. The molecule has 0 bridgehead atoms. The third-order valence-electron chi connectivity index (χ3n) is 3.15. The number of hydrogen-bond acceptors (Lipinski definition) is 4. The van der Waals surface area contributed by atoms with Crippen molar-refractivity contribution < 1.29 is 14.6 Å². The Hall–Kier alpha value is -2.20. The average Bonchev–Trinajstić information content (AvgIpc) is 2.50. The zero-order valence-electron chi connectivity index (χ0n) is 11.5. The summed E-state index contributed by atoms with van der Waals surface area (Å²) in [4.78, 5) is 0. The molecule has 0 aromatic heterocycles. The molecule has 0 aliphatic carbocycles. The minimum Gasteiger partial charge on any atom is -0.508 e. The molecule has 2 rings (SSSR count). The van der Waals surface area contributed by atoms with Gasteiger partial charge in [0.2, 0.25) is 0 Å². The Balaban J connectivity index is 2.07. The molecule has 0 saturated heterocycles. The van der Waals surface area contributed by atoms with Crippen molar-refractivity contribution in [2.75, 3.05) is 20.3 Å². The summed E-state index contributed by atoms with van der Waals surface area (Å²) in [5.41, 5.74) is 6.88. The van der Waals surface area contributed by atoms with Crippen molar-refractivity contribution in [3.63, 3.8) is 0 Å². The van der Waals surface area contributed by atoms with Gasteiger partial charge in [-0.25, -0.2) is 0 Å². The lowest BCUT2D eigenvalue weighted by Gasteiger charge is -2.18. The first-order valence-electron chi connectivity index (χ1n) is 6.49. The Morgan fingerprint density at radius 3 is 2.45 bits per heavy atom. The minimum atomic E-state index is 0.0555. The fourth-order valence-corrected chi connectivity index (χ4v) is 2.03. The van der Waals surface area contributed by atoms with E-state index < -0.39 is 0 Å². The summed E-state index contributed by atoms with van der Waals surface area (Å²) in [6, 6.07) is 14.4. The summed E-state index contributed by atoms with van der Waals surface area (Å²) in [7, 11) is 1.65. The van der Waals surface area contributed by atoms with Crippen LogP contribution >= 0.6 is 0 Å². The second-order valence-corrected chi connectivity index (χ2v) is 4.48. The highest BCUT2D eigenvalue weighted by molar-refractivity contribution is 5.37. The van der Waals surface area contributed by atoms with Crippen LogP contribution in [0, 0.1) is 0 Å². The Bertz CT molecular complexity index is 540. The fraction of sp³-hybridized carbons (Fsp3) is 0.250. The third-order valence-corrected chi connectivity index (χ3v) is 3.15. The van der Waals surface area contributed by atoms with Gasteiger partial charge in [0.05, 0.1) is 13.7 Å². The summed E-state index contributed by atoms with van der Waals surface area (Å²) in [6.45, 7) is 0.931. The number of para-hydroxylation sites is 1. The molecule has 1 unspecified atom stereocenters. The average molecular weight is 273 g/mol. The van der Waals surface area contributed by atoms with Crippen molar-refractivity contribution in [1.29, 1.82) is 0 Å². The number of aromatic hydroxyl groups is 1. The summed E-state index contributed by atoms with van der Waals surface area (Å²) in [5.74, 6) is 1.80. The number of ether oxygens (including phenoxy) is 2. The largest absolute Gasteiger partial charge is 0.508 e. The number of rotatable bonds is 6. The van der Waals surface area contributed by atoms with Gasteiger partial charge in [-0.2, -0.15) is 0 Å². The van der Waals surface area contributed by atoms with Crippen LogP contribution in [-0.2, 0) is 0 Å². The molecular formula is C16H19NO3. The number of methoxy groups -OCH3 is 1. The molecular weight excluding hydrogens is 254 g/mol. The lowest BCUT2D eigenvalue weighted by molar-refractivity contribution is 0.286. The molecule has 4 nitrogen and oxygen atoms in total. The number of phenolic OH excluding ortho intramolecular Hbond substituents is 1. The first kappa shape index (κ1) is 14.2. The molecule has 2 aromatic carbocycles. The summed E-state index contributed by atoms with van der Waals surface area (Å²) in [5, 5.41) is 9.23. The minimum absolute atomic E-state index is 0.0555. The standard InChI is InChI=1S/C16H19NO3/c1-19-16-5-3-2-4-15(16)12(10-17)11-20-14-8-6-13(18)7-9-14/h2-9,12,18H,10-11,17H2,1H3. The summed E-state index contributed by atoms with van der Waals surface area (Å²) in [6.07, 6.45) is 0. The zero-order chi connectivity index (χ0) is 14.4. The van der Waals surface area contributed by atoms with Crippen LogP contribution in [0.5, 0.6) is 17.2 Å². The molecule has 106 valence electrons. The van der Waals surface area contributed by atoms with Crippen LogP contribution in [0.3, 0.4) is 0 Å². The zero-order valence-corrected chi connectivity index (χ0v) is 11.5. The lowest BCUT2D eigenvalue weighted by atomic mass is 9.99. The molecule has 1 atom stereocenters. The van der Waals surface area contributed by atoms with Gasteiger partial charge in [0.1, 0.15) is 17.2 Å². The second kappa shape index (κ2) is 6.82. The normalized spacial score (nSPS) is 11.9. The maximum absolute atomic E-state index is 9.23. The van der Waals surface area contributed by atoms with E-state index in [9.17, 15) is 5.11 Å². The maximum Gasteiger partial charge on any atom is 0.122 e. The number of phenols is 1. The molecule has 0 spiro atoms. The molecule has 0 heterocycles. The van der Waals surface area contributed by atoms with Gasteiger partial charge in [0.25, 0.3) is 0 Å². The van der Waals surface area contributed by atoms with Crippen LogP contribution < -0.4 is 15.2 Å². The van der Waals surface area contributed by atoms with E-state index in [0.29, 0.717) is 18.9 Å². The topological polar surface area (TPSA) is 64.7 Å². The highest BCUT2D eigenvalue weighted by atomic mass is 16.5. The first-order chi connectivity index (χ1) is 9.74. The third kappa shape index (κ3) is 3.42. The predicted octanol–water partition coefficient (Wildman–Crippen LogP) is 2.52. The van der Waals surface area contributed by atoms with Crippen LogP contribution in [0.15, 0.2) is 48.5 Å². The Morgan fingerprint density at radius 1 is 1.10 bits per heavy atom.